The molecule has 1 aliphatic heterocycles. The number of rotatable bonds is 10. The van der Waals surface area contributed by atoms with Crippen LogP contribution in [0.3, 0.4) is 0 Å². The number of hydrogen-bond acceptors (Lipinski definition) is 5. The summed E-state index contributed by atoms with van der Waals surface area (Å²) in [7, 11) is 3.44. The number of methoxy groups -OCH3 is 2. The summed E-state index contributed by atoms with van der Waals surface area (Å²) in [6.07, 6.45) is 8.13. The molecule has 0 saturated carbocycles. The Kier molecular flexibility index (Phi) is 8.87. The Morgan fingerprint density at radius 3 is 2.18 bits per heavy atom. The van der Waals surface area contributed by atoms with E-state index in [1.807, 2.05) is 12.1 Å². The van der Waals surface area contributed by atoms with Crippen molar-refractivity contribution in [3.8, 4) is 17.2 Å². The molecule has 2 atom stereocenters. The predicted octanol–water partition coefficient (Wildman–Crippen LogP) is 6.08. The van der Waals surface area contributed by atoms with Crippen LogP contribution in [-0.2, 0) is 19.3 Å². The number of likely N-dealkylation sites (tertiary alicyclic amines) is 1. The topological polar surface area (TPSA) is 57.0 Å². The zero-order valence-electron chi connectivity index (χ0n) is 23.0. The van der Waals surface area contributed by atoms with Crippen LogP contribution in [0, 0.1) is 0 Å². The third-order valence-corrected chi connectivity index (χ3v) is 8.24. The first-order chi connectivity index (χ1) is 18.6. The van der Waals surface area contributed by atoms with Crippen LogP contribution < -0.4 is 19.9 Å². The third-order valence-electron chi connectivity index (χ3n) is 8.24. The van der Waals surface area contributed by atoms with Gasteiger partial charge in [0.25, 0.3) is 0 Å². The minimum absolute atomic E-state index is 0.0942. The van der Waals surface area contributed by atoms with Crippen LogP contribution in [0.5, 0.6) is 17.2 Å². The van der Waals surface area contributed by atoms with E-state index in [1.165, 1.54) is 66.6 Å². The number of nitrogens with two attached hydrogens (primary N) is 1. The highest BCUT2D eigenvalue weighted by Crippen LogP contribution is 2.40. The number of ether oxygens (including phenoxy) is 3. The van der Waals surface area contributed by atoms with Crippen LogP contribution in [0.25, 0.3) is 0 Å². The maximum atomic E-state index is 6.85. The van der Waals surface area contributed by atoms with E-state index >= 15 is 0 Å². The summed E-state index contributed by atoms with van der Waals surface area (Å²) >= 11 is 0. The summed E-state index contributed by atoms with van der Waals surface area (Å²) in [6, 6.07) is 21.2. The van der Waals surface area contributed by atoms with Gasteiger partial charge < -0.3 is 19.9 Å². The molecule has 1 heterocycles. The molecule has 0 spiro atoms. The normalized spacial score (nSPS) is 18.4. The highest BCUT2D eigenvalue weighted by Gasteiger charge is 2.28. The van der Waals surface area contributed by atoms with Crippen molar-refractivity contribution in [3.05, 3.63) is 88.5 Å². The second-order valence-corrected chi connectivity index (χ2v) is 10.8. The van der Waals surface area contributed by atoms with E-state index in [0.717, 1.165) is 49.7 Å². The van der Waals surface area contributed by atoms with Gasteiger partial charge in [0.2, 0.25) is 0 Å². The van der Waals surface area contributed by atoms with Gasteiger partial charge in [-0.2, -0.15) is 0 Å². The van der Waals surface area contributed by atoms with Crippen LogP contribution in [0.2, 0.25) is 0 Å². The minimum Gasteiger partial charge on any atom is -0.497 e. The molecule has 0 amide bonds. The zero-order valence-corrected chi connectivity index (χ0v) is 23.0. The van der Waals surface area contributed by atoms with Gasteiger partial charge in [0.05, 0.1) is 14.2 Å². The van der Waals surface area contributed by atoms with E-state index in [1.54, 1.807) is 14.2 Å². The van der Waals surface area contributed by atoms with E-state index in [9.17, 15) is 0 Å². The third kappa shape index (κ3) is 6.51. The lowest BCUT2D eigenvalue weighted by Crippen LogP contribution is -2.29. The van der Waals surface area contributed by atoms with Gasteiger partial charge in [-0.3, -0.25) is 4.90 Å². The smallest absolute Gasteiger partial charge is 0.119 e. The molecule has 38 heavy (non-hydrogen) atoms. The fraction of sp³-hybridized carbons (Fsp3) is 0.455. The molecule has 0 aromatic heterocycles. The lowest BCUT2D eigenvalue weighted by Gasteiger charge is -2.20. The SMILES string of the molecule is COc1ccc(C2Cc3cc(OC)cc(C(N)Cc4ccc(OCCN5CCCCCC5)cc4)c3C2)cc1. The summed E-state index contributed by atoms with van der Waals surface area (Å²) in [6.45, 7) is 4.15. The van der Waals surface area contributed by atoms with Crippen molar-refractivity contribution in [2.24, 2.45) is 5.73 Å². The Balaban J connectivity index is 1.22. The average Bonchev–Trinajstić information content (AvgIpc) is 3.21. The van der Waals surface area contributed by atoms with Crippen molar-refractivity contribution in [2.45, 2.75) is 56.9 Å². The number of benzene rings is 3. The second-order valence-electron chi connectivity index (χ2n) is 10.8. The van der Waals surface area contributed by atoms with Crippen molar-refractivity contribution >= 4 is 0 Å². The summed E-state index contributed by atoms with van der Waals surface area (Å²) in [5, 5.41) is 0. The molecule has 1 saturated heterocycles. The molecule has 202 valence electrons. The maximum absolute atomic E-state index is 6.85. The quantitative estimate of drug-likeness (QED) is 0.355. The maximum Gasteiger partial charge on any atom is 0.119 e. The van der Waals surface area contributed by atoms with Crippen LogP contribution in [-0.4, -0.2) is 45.4 Å². The molecule has 1 aliphatic carbocycles. The largest absolute Gasteiger partial charge is 0.497 e. The lowest BCUT2D eigenvalue weighted by atomic mass is 9.92. The Labute approximate surface area is 227 Å². The van der Waals surface area contributed by atoms with Gasteiger partial charge in [-0.05, 0) is 115 Å². The number of fused-ring (bicyclic) bond motifs is 1. The van der Waals surface area contributed by atoms with E-state index in [0.29, 0.717) is 5.92 Å². The summed E-state index contributed by atoms with van der Waals surface area (Å²) in [5.41, 5.74) is 13.3. The number of hydrogen-bond donors (Lipinski definition) is 1. The van der Waals surface area contributed by atoms with E-state index in [-0.39, 0.29) is 6.04 Å². The van der Waals surface area contributed by atoms with E-state index < -0.39 is 0 Å². The van der Waals surface area contributed by atoms with Crippen molar-refractivity contribution in [2.75, 3.05) is 40.5 Å². The van der Waals surface area contributed by atoms with Gasteiger partial charge in [-0.1, -0.05) is 37.1 Å². The molecule has 5 rings (SSSR count). The van der Waals surface area contributed by atoms with Crippen LogP contribution in [0.15, 0.2) is 60.7 Å². The minimum atomic E-state index is -0.0942. The van der Waals surface area contributed by atoms with Crippen LogP contribution in [0.4, 0.5) is 0 Å². The standard InChI is InChI=1S/C33H42N2O3/c1-36-28-13-9-25(10-14-28)26-20-27-21-30(37-2)23-32(31(27)22-26)33(34)19-24-7-11-29(12-8-24)38-18-17-35-15-5-3-4-6-16-35/h7-14,21,23,26,33H,3-6,15-20,22,34H2,1-2H3. The first kappa shape index (κ1) is 26.6. The van der Waals surface area contributed by atoms with Gasteiger partial charge in [-0.15, -0.1) is 0 Å². The van der Waals surface area contributed by atoms with Gasteiger partial charge in [0, 0.05) is 12.6 Å². The molecule has 5 nitrogen and oxygen atoms in total. The zero-order chi connectivity index (χ0) is 26.3. The van der Waals surface area contributed by atoms with Crippen LogP contribution >= 0.6 is 0 Å². The fourth-order valence-electron chi connectivity index (χ4n) is 6.04. The highest BCUT2D eigenvalue weighted by atomic mass is 16.5. The Bertz CT molecular complexity index is 1170. The molecule has 5 heteroatoms. The summed E-state index contributed by atoms with van der Waals surface area (Å²) < 4.78 is 17.1. The molecule has 2 N–H and O–H groups in total. The Morgan fingerprint density at radius 1 is 0.816 bits per heavy atom. The number of nitrogens with zero attached hydrogens (tertiary/aromatic N) is 1. The van der Waals surface area contributed by atoms with Crippen molar-refractivity contribution < 1.29 is 14.2 Å². The molecule has 1 fully saturated rings. The molecule has 3 aromatic rings. The molecule has 0 radical (unpaired) electrons. The van der Waals surface area contributed by atoms with Gasteiger partial charge in [0.15, 0.2) is 0 Å². The van der Waals surface area contributed by atoms with E-state index in [4.69, 9.17) is 19.9 Å². The summed E-state index contributed by atoms with van der Waals surface area (Å²) in [5.74, 6) is 3.15. The Hall–Kier alpha value is -3.02. The molecule has 2 aliphatic rings. The fourth-order valence-corrected chi connectivity index (χ4v) is 6.04. The van der Waals surface area contributed by atoms with Gasteiger partial charge in [0.1, 0.15) is 23.9 Å². The molecular formula is C33H42N2O3. The Morgan fingerprint density at radius 2 is 1.50 bits per heavy atom. The monoisotopic (exact) mass is 514 g/mol. The highest BCUT2D eigenvalue weighted by molar-refractivity contribution is 5.49. The van der Waals surface area contributed by atoms with Crippen molar-refractivity contribution in [1.82, 2.24) is 4.90 Å². The van der Waals surface area contributed by atoms with Gasteiger partial charge >= 0.3 is 0 Å². The van der Waals surface area contributed by atoms with Crippen molar-refractivity contribution in [3.63, 3.8) is 0 Å². The second kappa shape index (κ2) is 12.7. The van der Waals surface area contributed by atoms with Gasteiger partial charge in [-0.25, -0.2) is 0 Å². The predicted molar refractivity (Wildman–Crippen MR) is 154 cm³/mol. The van der Waals surface area contributed by atoms with Crippen LogP contribution in [0.1, 0.15) is 65.5 Å². The van der Waals surface area contributed by atoms with E-state index in [2.05, 4.69) is 53.4 Å². The molecule has 0 bridgehead atoms. The first-order valence-corrected chi connectivity index (χ1v) is 14.2. The lowest BCUT2D eigenvalue weighted by molar-refractivity contribution is 0.214. The molecule has 2 unspecified atom stereocenters. The van der Waals surface area contributed by atoms with Crippen molar-refractivity contribution in [1.29, 1.82) is 0 Å². The summed E-state index contributed by atoms with van der Waals surface area (Å²) in [4.78, 5) is 2.53. The average molecular weight is 515 g/mol. The first-order valence-electron chi connectivity index (χ1n) is 14.2. The molecule has 3 aromatic carbocycles. The molecular weight excluding hydrogens is 472 g/mol.